The average Bonchev–Trinajstić information content (AvgIpc) is 3.28. The highest BCUT2D eigenvalue weighted by atomic mass is 32.1. The number of benzene rings is 2. The van der Waals surface area contributed by atoms with Gasteiger partial charge in [-0.1, -0.05) is 42.0 Å². The summed E-state index contributed by atoms with van der Waals surface area (Å²) in [5, 5.41) is 5.57. The van der Waals surface area contributed by atoms with Gasteiger partial charge in [-0.25, -0.2) is 9.78 Å². The molecule has 7 heteroatoms. The molecule has 1 saturated heterocycles. The summed E-state index contributed by atoms with van der Waals surface area (Å²) in [6.07, 6.45) is 0. The molecule has 1 unspecified atom stereocenters. The fourth-order valence-corrected chi connectivity index (χ4v) is 4.15. The largest absolute Gasteiger partial charge is 0.497 e. The van der Waals surface area contributed by atoms with Crippen molar-refractivity contribution < 1.29 is 14.3 Å². The maximum absolute atomic E-state index is 13.1. The van der Waals surface area contributed by atoms with Gasteiger partial charge in [-0.3, -0.25) is 9.69 Å². The molecule has 0 aliphatic carbocycles. The van der Waals surface area contributed by atoms with Gasteiger partial charge < -0.3 is 10.1 Å². The van der Waals surface area contributed by atoms with Crippen molar-refractivity contribution in [1.29, 1.82) is 0 Å². The third-order valence-corrected chi connectivity index (χ3v) is 6.05. The van der Waals surface area contributed by atoms with Crippen LogP contribution in [0.15, 0.2) is 53.9 Å². The number of ether oxygens (including phenoxy) is 1. The number of aromatic nitrogens is 1. The van der Waals surface area contributed by atoms with Crippen LogP contribution in [0.5, 0.6) is 5.75 Å². The minimum Gasteiger partial charge on any atom is -0.497 e. The maximum atomic E-state index is 13.1. The Morgan fingerprint density at radius 3 is 2.45 bits per heavy atom. The molecule has 2 aromatic carbocycles. The first-order chi connectivity index (χ1) is 13.9. The molecule has 0 bridgehead atoms. The zero-order chi connectivity index (χ0) is 20.6. The van der Waals surface area contributed by atoms with Crippen LogP contribution >= 0.6 is 11.3 Å². The van der Waals surface area contributed by atoms with Crippen LogP contribution in [0.3, 0.4) is 0 Å². The molecule has 1 aromatic heterocycles. The second-order valence-electron chi connectivity index (χ2n) is 7.18. The summed E-state index contributed by atoms with van der Waals surface area (Å²) in [5.74, 6) is 0.398. The molecule has 148 valence electrons. The number of carbonyl (C=O) groups excluding carboxylic acids is 2. The molecule has 1 atom stereocenters. The molecule has 2 heterocycles. The number of rotatable bonds is 5. The summed E-state index contributed by atoms with van der Waals surface area (Å²) in [6.45, 7) is 3.89. The van der Waals surface area contributed by atoms with E-state index >= 15 is 0 Å². The SMILES string of the molecule is COc1ccc(C2(C)NC(=O)N(Cc3csc(-c4ccc(C)cc4)n3)C2=O)cc1. The van der Waals surface area contributed by atoms with E-state index in [4.69, 9.17) is 4.74 Å². The van der Waals surface area contributed by atoms with Crippen LogP contribution in [0.1, 0.15) is 23.7 Å². The fourth-order valence-electron chi connectivity index (χ4n) is 3.33. The van der Waals surface area contributed by atoms with Crippen molar-refractivity contribution in [2.45, 2.75) is 25.9 Å². The highest BCUT2D eigenvalue weighted by Gasteiger charge is 2.49. The highest BCUT2D eigenvalue weighted by molar-refractivity contribution is 7.13. The first-order valence-electron chi connectivity index (χ1n) is 9.21. The first-order valence-corrected chi connectivity index (χ1v) is 10.1. The van der Waals surface area contributed by atoms with Crippen LogP contribution in [-0.2, 0) is 16.9 Å². The standard InChI is InChI=1S/C22H21N3O3S/c1-14-4-6-15(7-5-14)19-23-17(13-29-19)12-25-20(26)22(2,24-21(25)27)16-8-10-18(28-3)11-9-16/h4-11,13H,12H2,1-3H3,(H,24,27). The summed E-state index contributed by atoms with van der Waals surface area (Å²) in [7, 11) is 1.58. The van der Waals surface area contributed by atoms with E-state index in [0.717, 1.165) is 10.6 Å². The van der Waals surface area contributed by atoms with Gasteiger partial charge in [0.2, 0.25) is 0 Å². The summed E-state index contributed by atoms with van der Waals surface area (Å²) in [6, 6.07) is 14.8. The third-order valence-electron chi connectivity index (χ3n) is 5.11. The van der Waals surface area contributed by atoms with Gasteiger partial charge in [0.15, 0.2) is 0 Å². The molecule has 4 rings (SSSR count). The minimum atomic E-state index is -1.11. The predicted molar refractivity (Wildman–Crippen MR) is 112 cm³/mol. The summed E-state index contributed by atoms with van der Waals surface area (Å²) in [4.78, 5) is 31.5. The van der Waals surface area contributed by atoms with Crippen molar-refractivity contribution in [3.05, 3.63) is 70.7 Å². The molecule has 0 spiro atoms. The number of amides is 3. The zero-order valence-electron chi connectivity index (χ0n) is 16.4. The predicted octanol–water partition coefficient (Wildman–Crippen LogP) is 4.09. The van der Waals surface area contributed by atoms with Crippen LogP contribution in [0.4, 0.5) is 4.79 Å². The summed E-state index contributed by atoms with van der Waals surface area (Å²) < 4.78 is 5.17. The number of thiazole rings is 1. The van der Waals surface area contributed by atoms with Gasteiger partial charge in [0, 0.05) is 10.9 Å². The minimum absolute atomic E-state index is 0.138. The molecular weight excluding hydrogens is 386 g/mol. The van der Waals surface area contributed by atoms with Gasteiger partial charge in [0.25, 0.3) is 5.91 Å². The molecule has 1 N–H and O–H groups in total. The van der Waals surface area contributed by atoms with Crippen molar-refractivity contribution in [3.63, 3.8) is 0 Å². The molecule has 6 nitrogen and oxygen atoms in total. The molecule has 1 aliphatic heterocycles. The normalized spacial score (nSPS) is 18.8. The van der Waals surface area contributed by atoms with E-state index in [2.05, 4.69) is 10.3 Å². The summed E-state index contributed by atoms with van der Waals surface area (Å²) in [5.41, 5.74) is 2.49. The fraction of sp³-hybridized carbons (Fsp3) is 0.227. The molecule has 0 saturated carbocycles. The Morgan fingerprint density at radius 2 is 1.79 bits per heavy atom. The topological polar surface area (TPSA) is 71.5 Å². The lowest BCUT2D eigenvalue weighted by molar-refractivity contribution is -0.131. The number of hydrogen-bond acceptors (Lipinski definition) is 5. The van der Waals surface area contributed by atoms with Crippen LogP contribution in [0.2, 0.25) is 0 Å². The monoisotopic (exact) mass is 407 g/mol. The van der Waals surface area contributed by atoms with Crippen molar-refractivity contribution in [2.75, 3.05) is 7.11 Å². The molecule has 1 aliphatic rings. The number of methoxy groups -OCH3 is 1. The molecule has 0 radical (unpaired) electrons. The molecular formula is C22H21N3O3S. The van der Waals surface area contributed by atoms with Crippen LogP contribution in [0.25, 0.3) is 10.6 Å². The number of imide groups is 1. The van der Waals surface area contributed by atoms with Gasteiger partial charge in [-0.05, 0) is 31.5 Å². The van der Waals surface area contributed by atoms with Crippen LogP contribution < -0.4 is 10.1 Å². The van der Waals surface area contributed by atoms with E-state index in [1.54, 1.807) is 38.3 Å². The average molecular weight is 407 g/mol. The van der Waals surface area contributed by atoms with Crippen molar-refractivity contribution in [3.8, 4) is 16.3 Å². The number of urea groups is 1. The number of nitrogens with zero attached hydrogens (tertiary/aromatic N) is 2. The zero-order valence-corrected chi connectivity index (χ0v) is 17.2. The summed E-state index contributed by atoms with van der Waals surface area (Å²) >= 11 is 1.50. The lowest BCUT2D eigenvalue weighted by Gasteiger charge is -2.22. The van der Waals surface area contributed by atoms with E-state index in [-0.39, 0.29) is 12.5 Å². The van der Waals surface area contributed by atoms with E-state index in [0.29, 0.717) is 17.0 Å². The van der Waals surface area contributed by atoms with Crippen LogP contribution in [0, 0.1) is 6.92 Å². The Kier molecular flexibility index (Phi) is 4.84. The van der Waals surface area contributed by atoms with Gasteiger partial charge in [-0.15, -0.1) is 11.3 Å². The Labute approximate surface area is 173 Å². The highest BCUT2D eigenvalue weighted by Crippen LogP contribution is 2.31. The Hall–Kier alpha value is -3.19. The molecule has 3 aromatic rings. The van der Waals surface area contributed by atoms with Gasteiger partial charge >= 0.3 is 6.03 Å². The van der Waals surface area contributed by atoms with Crippen molar-refractivity contribution >= 4 is 23.3 Å². The Bertz CT molecular complexity index is 1060. The number of nitrogens with one attached hydrogen (secondary N) is 1. The third kappa shape index (κ3) is 3.49. The Morgan fingerprint density at radius 1 is 1.10 bits per heavy atom. The first kappa shape index (κ1) is 19.1. The van der Waals surface area contributed by atoms with E-state index < -0.39 is 11.6 Å². The number of carbonyl (C=O) groups is 2. The van der Waals surface area contributed by atoms with E-state index in [1.807, 2.05) is 36.6 Å². The number of aryl methyl sites for hydroxylation is 1. The van der Waals surface area contributed by atoms with Crippen molar-refractivity contribution in [2.24, 2.45) is 0 Å². The van der Waals surface area contributed by atoms with E-state index in [1.165, 1.54) is 21.8 Å². The number of hydrogen-bond donors (Lipinski definition) is 1. The lowest BCUT2D eigenvalue weighted by atomic mass is 9.92. The second-order valence-corrected chi connectivity index (χ2v) is 8.04. The molecule has 3 amide bonds. The second kappa shape index (κ2) is 7.33. The maximum Gasteiger partial charge on any atom is 0.325 e. The van der Waals surface area contributed by atoms with Gasteiger partial charge in [0.05, 0.1) is 19.3 Å². The van der Waals surface area contributed by atoms with Gasteiger partial charge in [0.1, 0.15) is 16.3 Å². The molecule has 29 heavy (non-hydrogen) atoms. The van der Waals surface area contributed by atoms with Crippen molar-refractivity contribution in [1.82, 2.24) is 15.2 Å². The Balaban J connectivity index is 1.54. The quantitative estimate of drug-likeness (QED) is 0.647. The lowest BCUT2D eigenvalue weighted by Crippen LogP contribution is -2.40. The van der Waals surface area contributed by atoms with Crippen LogP contribution in [-0.4, -0.2) is 28.9 Å². The smallest absolute Gasteiger partial charge is 0.325 e. The van der Waals surface area contributed by atoms with E-state index in [9.17, 15) is 9.59 Å². The van der Waals surface area contributed by atoms with Gasteiger partial charge in [-0.2, -0.15) is 0 Å². The molecule has 1 fully saturated rings.